The molecule has 1 aliphatic heterocycles. The van der Waals surface area contributed by atoms with Gasteiger partial charge in [-0.15, -0.1) is 0 Å². The van der Waals surface area contributed by atoms with Gasteiger partial charge >= 0.3 is 6.02 Å². The molecule has 1 saturated heterocycles. The summed E-state index contributed by atoms with van der Waals surface area (Å²) in [6.07, 6.45) is 0.336. The van der Waals surface area contributed by atoms with Crippen LogP contribution in [0.1, 0.15) is 6.92 Å². The number of likely N-dealkylation sites (N-methyl/N-ethyl adjacent to an activating group) is 1. The first-order chi connectivity index (χ1) is 4.61. The predicted octanol–water partition coefficient (Wildman–Crippen LogP) is -0.0350. The first-order valence-electron chi connectivity index (χ1n) is 3.53. The molecule has 0 amide bonds. The Morgan fingerprint density at radius 2 is 2.20 bits per heavy atom. The Morgan fingerprint density at radius 1 is 1.60 bits per heavy atom. The molecule has 1 heterocycles. The molecular weight excluding hydrogens is 128 g/mol. The van der Waals surface area contributed by atoms with Crippen LogP contribution >= 0.6 is 0 Å². The third kappa shape index (κ3) is 1.23. The van der Waals surface area contributed by atoms with E-state index in [0.29, 0.717) is 6.10 Å². The quantitative estimate of drug-likeness (QED) is 0.442. The molecule has 0 spiro atoms. The number of hydrogen-bond donors (Lipinski definition) is 0. The van der Waals surface area contributed by atoms with Crippen LogP contribution in [0.15, 0.2) is 0 Å². The van der Waals surface area contributed by atoms with Crippen LogP contribution in [0, 0.1) is 0 Å². The van der Waals surface area contributed by atoms with Gasteiger partial charge in [0.25, 0.3) is 0 Å². The molecule has 0 aromatic heterocycles. The summed E-state index contributed by atoms with van der Waals surface area (Å²) in [4.78, 5) is 2.12. The van der Waals surface area contributed by atoms with Crippen LogP contribution in [0.4, 0.5) is 0 Å². The molecule has 0 saturated carbocycles. The molecule has 10 heavy (non-hydrogen) atoms. The average Bonchev–Trinajstić information content (AvgIpc) is 2.10. The molecule has 1 atom stereocenters. The van der Waals surface area contributed by atoms with Gasteiger partial charge in [0, 0.05) is 0 Å². The second-order valence-electron chi connectivity index (χ2n) is 2.99. The van der Waals surface area contributed by atoms with Gasteiger partial charge in [-0.25, -0.2) is 9.48 Å². The number of rotatable bonds is 0. The molecule has 3 nitrogen and oxygen atoms in total. The summed E-state index contributed by atoms with van der Waals surface area (Å²) >= 11 is 0. The number of hydrogen-bond acceptors (Lipinski definition) is 1. The summed E-state index contributed by atoms with van der Waals surface area (Å²) in [6.45, 7) is 3.07. The molecule has 0 N–H and O–H groups in total. The fourth-order valence-electron chi connectivity index (χ4n) is 1.22. The normalized spacial score (nSPS) is 25.0. The van der Waals surface area contributed by atoms with Crippen molar-refractivity contribution in [3.8, 4) is 0 Å². The van der Waals surface area contributed by atoms with E-state index in [4.69, 9.17) is 4.74 Å². The summed E-state index contributed by atoms with van der Waals surface area (Å²) in [5.74, 6) is 0. The molecule has 0 radical (unpaired) electrons. The van der Waals surface area contributed by atoms with Crippen molar-refractivity contribution in [1.82, 2.24) is 4.90 Å². The molecule has 0 bridgehead atoms. The summed E-state index contributed by atoms with van der Waals surface area (Å²) in [6, 6.07) is 0.965. The molecule has 1 unspecified atom stereocenters. The highest BCUT2D eigenvalue weighted by Gasteiger charge is 2.30. The van der Waals surface area contributed by atoms with Gasteiger partial charge in [-0.05, 0) is 6.92 Å². The van der Waals surface area contributed by atoms with Gasteiger partial charge in [0.2, 0.25) is 0 Å². The summed E-state index contributed by atoms with van der Waals surface area (Å²) in [5.41, 5.74) is 0. The van der Waals surface area contributed by atoms with Gasteiger partial charge in [0.05, 0.1) is 21.1 Å². The van der Waals surface area contributed by atoms with Crippen molar-refractivity contribution in [2.24, 2.45) is 0 Å². The summed E-state index contributed by atoms with van der Waals surface area (Å²) < 4.78 is 7.49. The Hall–Kier alpha value is -0.730. The lowest BCUT2D eigenvalue weighted by Gasteiger charge is -2.01. The Bertz CT molecular complexity index is 161. The van der Waals surface area contributed by atoms with Crippen LogP contribution < -0.4 is 0 Å². The predicted molar refractivity (Wildman–Crippen MR) is 40.3 cm³/mol. The molecule has 3 heteroatoms. The second kappa shape index (κ2) is 2.48. The molecule has 1 aliphatic rings. The van der Waals surface area contributed by atoms with Crippen molar-refractivity contribution >= 4 is 6.02 Å². The molecule has 1 rings (SSSR count). The van der Waals surface area contributed by atoms with E-state index in [2.05, 4.69) is 11.8 Å². The Labute approximate surface area is 61.9 Å². The van der Waals surface area contributed by atoms with Gasteiger partial charge in [-0.3, -0.25) is 0 Å². The second-order valence-corrected chi connectivity index (χ2v) is 2.99. The van der Waals surface area contributed by atoms with Crippen molar-refractivity contribution in [2.45, 2.75) is 13.0 Å². The monoisotopic (exact) mass is 143 g/mol. The van der Waals surface area contributed by atoms with E-state index in [1.165, 1.54) is 0 Å². The van der Waals surface area contributed by atoms with Crippen LogP contribution in [-0.2, 0) is 4.74 Å². The van der Waals surface area contributed by atoms with Crippen LogP contribution in [-0.4, -0.2) is 49.3 Å². The minimum absolute atomic E-state index is 0.336. The van der Waals surface area contributed by atoms with Crippen molar-refractivity contribution in [3.05, 3.63) is 0 Å². The van der Waals surface area contributed by atoms with E-state index in [0.717, 1.165) is 12.6 Å². The Morgan fingerprint density at radius 3 is 2.40 bits per heavy atom. The first-order valence-corrected chi connectivity index (χ1v) is 3.53. The lowest BCUT2D eigenvalue weighted by Crippen LogP contribution is -2.27. The zero-order valence-corrected chi connectivity index (χ0v) is 7.09. The van der Waals surface area contributed by atoms with Crippen LogP contribution in [0.25, 0.3) is 0 Å². The first kappa shape index (κ1) is 7.38. The Balaban J connectivity index is 2.73. The highest BCUT2D eigenvalue weighted by atomic mass is 16.5. The van der Waals surface area contributed by atoms with Gasteiger partial charge in [-0.2, -0.15) is 0 Å². The smallest absolute Gasteiger partial charge is 0.424 e. The van der Waals surface area contributed by atoms with E-state index in [-0.39, 0.29) is 0 Å². The minimum atomic E-state index is 0.336. The fraction of sp³-hybridized carbons (Fsp3) is 0.857. The van der Waals surface area contributed by atoms with Gasteiger partial charge in [0.15, 0.2) is 0 Å². The van der Waals surface area contributed by atoms with Crippen molar-refractivity contribution in [2.75, 3.05) is 27.7 Å². The number of amidine groups is 1. The van der Waals surface area contributed by atoms with E-state index >= 15 is 0 Å². The fourth-order valence-corrected chi connectivity index (χ4v) is 1.22. The summed E-state index contributed by atoms with van der Waals surface area (Å²) in [7, 11) is 6.02. The maximum absolute atomic E-state index is 5.50. The zero-order chi connectivity index (χ0) is 7.72. The van der Waals surface area contributed by atoms with Crippen molar-refractivity contribution in [3.63, 3.8) is 0 Å². The van der Waals surface area contributed by atoms with E-state index < -0.39 is 0 Å². The Kier molecular flexibility index (Phi) is 1.83. The van der Waals surface area contributed by atoms with Gasteiger partial charge in [0.1, 0.15) is 12.6 Å². The maximum Gasteiger partial charge on any atom is 0.446 e. The lowest BCUT2D eigenvalue weighted by atomic mass is 10.4. The average molecular weight is 143 g/mol. The van der Waals surface area contributed by atoms with Crippen LogP contribution in [0.5, 0.6) is 0 Å². The van der Waals surface area contributed by atoms with Gasteiger partial charge in [-0.1, -0.05) is 0 Å². The highest BCUT2D eigenvalue weighted by molar-refractivity contribution is 5.70. The standard InChI is InChI=1S/C7H15N2O/c1-6-5-9(4)7(10-6)8(2)3/h6H,5H2,1-4H3/q+1. The zero-order valence-electron chi connectivity index (χ0n) is 7.09. The summed E-state index contributed by atoms with van der Waals surface area (Å²) in [5, 5.41) is 0. The molecule has 0 aromatic carbocycles. The third-order valence-corrected chi connectivity index (χ3v) is 1.55. The number of ether oxygens (including phenoxy) is 1. The molecule has 1 fully saturated rings. The third-order valence-electron chi connectivity index (χ3n) is 1.55. The number of nitrogens with zero attached hydrogens (tertiary/aromatic N) is 2. The molecule has 0 aliphatic carbocycles. The van der Waals surface area contributed by atoms with Crippen molar-refractivity contribution in [1.29, 1.82) is 0 Å². The topological polar surface area (TPSA) is 15.5 Å². The molecular formula is C7H15N2O+. The largest absolute Gasteiger partial charge is 0.446 e. The lowest BCUT2D eigenvalue weighted by molar-refractivity contribution is -0.479. The highest BCUT2D eigenvalue weighted by Crippen LogP contribution is 2.06. The van der Waals surface area contributed by atoms with E-state index in [9.17, 15) is 0 Å². The minimum Gasteiger partial charge on any atom is -0.424 e. The van der Waals surface area contributed by atoms with E-state index in [1.807, 2.05) is 25.7 Å². The van der Waals surface area contributed by atoms with Crippen LogP contribution in [0.3, 0.4) is 0 Å². The van der Waals surface area contributed by atoms with E-state index in [1.54, 1.807) is 0 Å². The van der Waals surface area contributed by atoms with Crippen molar-refractivity contribution < 1.29 is 9.31 Å². The molecule has 58 valence electrons. The van der Waals surface area contributed by atoms with Gasteiger partial charge < -0.3 is 4.74 Å². The maximum atomic E-state index is 5.50. The van der Waals surface area contributed by atoms with Crippen LogP contribution in [0.2, 0.25) is 0 Å². The SMILES string of the molecule is CC1CN(C)C(=[N+](C)C)O1. The molecule has 0 aromatic rings.